The van der Waals surface area contributed by atoms with E-state index in [1.165, 1.54) is 28.6 Å². The van der Waals surface area contributed by atoms with E-state index in [0.717, 1.165) is 12.1 Å². The molecule has 0 saturated carbocycles. The number of halogens is 2. The molecule has 1 heterocycles. The molecule has 0 radical (unpaired) electrons. The van der Waals surface area contributed by atoms with Crippen LogP contribution in [0.5, 0.6) is 11.5 Å². The molecule has 0 N–H and O–H groups in total. The highest BCUT2D eigenvalue weighted by Crippen LogP contribution is 2.35. The third-order valence-corrected chi connectivity index (χ3v) is 6.73. The second kappa shape index (κ2) is 8.11. The van der Waals surface area contributed by atoms with E-state index in [4.69, 9.17) is 4.74 Å². The summed E-state index contributed by atoms with van der Waals surface area (Å²) in [5.41, 5.74) is -0.558. The van der Waals surface area contributed by atoms with Crippen molar-refractivity contribution in [3.8, 4) is 11.5 Å². The van der Waals surface area contributed by atoms with Gasteiger partial charge in [0, 0.05) is 36.7 Å². The minimum Gasteiger partial charge on any atom is -0.447 e. The molecule has 1 aliphatic rings. The monoisotopic (exact) mass is 473 g/mol. The van der Waals surface area contributed by atoms with E-state index in [1.54, 1.807) is 0 Å². The first-order chi connectivity index (χ1) is 13.2. The van der Waals surface area contributed by atoms with E-state index in [9.17, 15) is 22.9 Å². The van der Waals surface area contributed by atoms with Crippen LogP contribution in [-0.2, 0) is 10.0 Å². The number of rotatable bonds is 5. The molecule has 1 fully saturated rings. The maximum Gasteiger partial charge on any atom is 0.312 e. The van der Waals surface area contributed by atoms with Crippen LogP contribution in [0.1, 0.15) is 0 Å². The van der Waals surface area contributed by atoms with Gasteiger partial charge >= 0.3 is 5.69 Å². The molecule has 0 atom stereocenters. The Hall–Kier alpha value is -2.08. The SMILES string of the molecule is CN1CCN(S(=O)(=O)c2ccc(Oc3ccc(Br)cc3F)c([N+](=O)[O-])c2)CC1. The number of nitrogens with zero attached hydrogens (tertiary/aromatic N) is 3. The van der Waals surface area contributed by atoms with Crippen molar-refractivity contribution in [3.63, 3.8) is 0 Å². The van der Waals surface area contributed by atoms with Crippen LogP contribution in [0.15, 0.2) is 45.8 Å². The van der Waals surface area contributed by atoms with Crippen molar-refractivity contribution < 1.29 is 22.5 Å². The first-order valence-electron chi connectivity index (χ1n) is 8.28. The fraction of sp³-hybridized carbons (Fsp3) is 0.294. The molecule has 0 spiro atoms. The molecule has 0 unspecified atom stereocenters. The Balaban J connectivity index is 1.94. The van der Waals surface area contributed by atoms with Gasteiger partial charge in [-0.25, -0.2) is 12.8 Å². The van der Waals surface area contributed by atoms with Crippen LogP contribution in [0.2, 0.25) is 0 Å². The number of likely N-dealkylation sites (N-methyl/N-ethyl adjacent to an activating group) is 1. The van der Waals surface area contributed by atoms with Gasteiger partial charge in [0.25, 0.3) is 0 Å². The molecule has 28 heavy (non-hydrogen) atoms. The Morgan fingerprint density at radius 1 is 1.11 bits per heavy atom. The Bertz CT molecular complexity index is 1010. The minimum atomic E-state index is -3.88. The van der Waals surface area contributed by atoms with Gasteiger partial charge in [0.15, 0.2) is 11.6 Å². The zero-order chi connectivity index (χ0) is 20.5. The molecule has 11 heteroatoms. The highest BCUT2D eigenvalue weighted by Gasteiger charge is 2.30. The number of nitro groups is 1. The number of hydrogen-bond acceptors (Lipinski definition) is 6. The first-order valence-corrected chi connectivity index (χ1v) is 10.5. The van der Waals surface area contributed by atoms with E-state index in [2.05, 4.69) is 15.9 Å². The molecule has 0 aliphatic carbocycles. The van der Waals surface area contributed by atoms with Crippen molar-refractivity contribution in [2.24, 2.45) is 0 Å². The number of sulfonamides is 1. The number of benzene rings is 2. The van der Waals surface area contributed by atoms with Gasteiger partial charge in [-0.2, -0.15) is 4.31 Å². The second-order valence-corrected chi connectivity index (χ2v) is 9.12. The maximum atomic E-state index is 14.0. The number of ether oxygens (including phenoxy) is 1. The van der Waals surface area contributed by atoms with Crippen LogP contribution in [0.4, 0.5) is 10.1 Å². The van der Waals surface area contributed by atoms with Crippen LogP contribution in [0, 0.1) is 15.9 Å². The molecule has 0 aromatic heterocycles. The molecule has 8 nitrogen and oxygen atoms in total. The fourth-order valence-electron chi connectivity index (χ4n) is 2.74. The van der Waals surface area contributed by atoms with Gasteiger partial charge in [-0.05, 0) is 37.4 Å². The molecular formula is C17H17BrFN3O5S. The highest BCUT2D eigenvalue weighted by molar-refractivity contribution is 9.10. The zero-order valence-electron chi connectivity index (χ0n) is 14.8. The number of piperazine rings is 1. The smallest absolute Gasteiger partial charge is 0.312 e. The van der Waals surface area contributed by atoms with Crippen molar-refractivity contribution in [1.29, 1.82) is 0 Å². The average molecular weight is 474 g/mol. The molecule has 0 amide bonds. The quantitative estimate of drug-likeness (QED) is 0.488. The summed E-state index contributed by atoms with van der Waals surface area (Å²) in [6.07, 6.45) is 0. The molecule has 0 bridgehead atoms. The van der Waals surface area contributed by atoms with E-state index in [1.807, 2.05) is 11.9 Å². The van der Waals surface area contributed by atoms with Gasteiger partial charge in [-0.3, -0.25) is 10.1 Å². The lowest BCUT2D eigenvalue weighted by Crippen LogP contribution is -2.47. The molecular weight excluding hydrogens is 457 g/mol. The summed E-state index contributed by atoms with van der Waals surface area (Å²) in [4.78, 5) is 12.5. The van der Waals surface area contributed by atoms with E-state index in [0.29, 0.717) is 30.7 Å². The lowest BCUT2D eigenvalue weighted by atomic mass is 10.3. The Morgan fingerprint density at radius 2 is 1.75 bits per heavy atom. The normalized spacial score (nSPS) is 16.1. The van der Waals surface area contributed by atoms with Gasteiger partial charge in [0.05, 0.1) is 9.82 Å². The third kappa shape index (κ3) is 4.32. The summed E-state index contributed by atoms with van der Waals surface area (Å²) in [6.45, 7) is 1.75. The van der Waals surface area contributed by atoms with Crippen LogP contribution in [0.3, 0.4) is 0 Å². The van der Waals surface area contributed by atoms with E-state index in [-0.39, 0.29) is 16.4 Å². The van der Waals surface area contributed by atoms with Gasteiger partial charge in [0.1, 0.15) is 0 Å². The van der Waals surface area contributed by atoms with Gasteiger partial charge in [-0.1, -0.05) is 15.9 Å². The van der Waals surface area contributed by atoms with E-state index >= 15 is 0 Å². The van der Waals surface area contributed by atoms with Crippen molar-refractivity contribution in [2.75, 3.05) is 33.2 Å². The van der Waals surface area contributed by atoms with Crippen LogP contribution < -0.4 is 4.74 Å². The molecule has 2 aromatic carbocycles. The molecule has 3 rings (SSSR count). The summed E-state index contributed by atoms with van der Waals surface area (Å²) in [7, 11) is -1.99. The average Bonchev–Trinajstić information content (AvgIpc) is 2.64. The Labute approximate surface area is 169 Å². The van der Waals surface area contributed by atoms with Crippen LogP contribution in [-0.4, -0.2) is 55.8 Å². The largest absolute Gasteiger partial charge is 0.447 e. The summed E-state index contributed by atoms with van der Waals surface area (Å²) < 4.78 is 46.7. The van der Waals surface area contributed by atoms with Gasteiger partial charge in [-0.15, -0.1) is 0 Å². The van der Waals surface area contributed by atoms with Crippen LogP contribution >= 0.6 is 15.9 Å². The Kier molecular flexibility index (Phi) is 5.98. The fourth-order valence-corrected chi connectivity index (χ4v) is 4.52. The van der Waals surface area contributed by atoms with Crippen molar-refractivity contribution in [1.82, 2.24) is 9.21 Å². The summed E-state index contributed by atoms with van der Waals surface area (Å²) in [6, 6.07) is 7.34. The second-order valence-electron chi connectivity index (χ2n) is 6.27. The van der Waals surface area contributed by atoms with Crippen molar-refractivity contribution in [3.05, 3.63) is 56.8 Å². The summed E-state index contributed by atoms with van der Waals surface area (Å²) in [5.74, 6) is -1.16. The Morgan fingerprint density at radius 3 is 2.36 bits per heavy atom. The highest BCUT2D eigenvalue weighted by atomic mass is 79.9. The molecule has 1 saturated heterocycles. The minimum absolute atomic E-state index is 0.201. The standard InChI is InChI=1S/C17H17BrFN3O5S/c1-20-6-8-21(9-7-20)28(25,26)13-3-5-17(15(11-13)22(23)24)27-16-4-2-12(18)10-14(16)19/h2-5,10-11H,6-9H2,1H3. The van der Waals surface area contributed by atoms with E-state index < -0.39 is 26.5 Å². The maximum absolute atomic E-state index is 14.0. The number of nitro benzene ring substituents is 1. The predicted octanol–water partition coefficient (Wildman–Crippen LogP) is 3.22. The first kappa shape index (κ1) is 20.6. The molecule has 2 aromatic rings. The van der Waals surface area contributed by atoms with Crippen molar-refractivity contribution in [2.45, 2.75) is 4.90 Å². The summed E-state index contributed by atoms with van der Waals surface area (Å²) in [5, 5.41) is 11.5. The zero-order valence-corrected chi connectivity index (χ0v) is 17.2. The lowest BCUT2D eigenvalue weighted by molar-refractivity contribution is -0.385. The molecule has 1 aliphatic heterocycles. The van der Waals surface area contributed by atoms with Crippen LogP contribution in [0.25, 0.3) is 0 Å². The van der Waals surface area contributed by atoms with Crippen molar-refractivity contribution >= 4 is 31.6 Å². The van der Waals surface area contributed by atoms with Gasteiger partial charge in [0.2, 0.25) is 15.8 Å². The van der Waals surface area contributed by atoms with Gasteiger partial charge < -0.3 is 9.64 Å². The lowest BCUT2D eigenvalue weighted by Gasteiger charge is -2.31. The summed E-state index contributed by atoms with van der Waals surface area (Å²) >= 11 is 3.11. The number of hydrogen-bond donors (Lipinski definition) is 0. The third-order valence-electron chi connectivity index (χ3n) is 4.34. The predicted molar refractivity (Wildman–Crippen MR) is 104 cm³/mol. The molecule has 150 valence electrons. The topological polar surface area (TPSA) is 93.0 Å².